The van der Waals surface area contributed by atoms with Gasteiger partial charge in [-0.1, -0.05) is 36.1 Å². The van der Waals surface area contributed by atoms with E-state index in [2.05, 4.69) is 86.1 Å². The molecule has 2 aliphatic heterocycles. The zero-order chi connectivity index (χ0) is 50.0. The Morgan fingerprint density at radius 3 is 2.51 bits per heavy atom. The number of nitrogen functional groups attached to an aromatic ring is 1. The Balaban J connectivity index is 0.977. The Labute approximate surface area is 399 Å². The van der Waals surface area contributed by atoms with E-state index in [4.69, 9.17) is 15.4 Å². The lowest BCUT2D eigenvalue weighted by atomic mass is 9.91. The second-order valence-electron chi connectivity index (χ2n) is 16.3. The number of fused-ring (bicyclic) bond motifs is 3. The smallest absolute Gasteiger partial charge is 0.487 e. The van der Waals surface area contributed by atoms with Crippen molar-refractivity contribution in [3.8, 4) is 33.4 Å². The highest BCUT2D eigenvalue weighted by Crippen LogP contribution is 2.65. The Morgan fingerprint density at radius 1 is 1.03 bits per heavy atom. The number of benzene rings is 3. The molecule has 69 heavy (non-hydrogen) atoms. The summed E-state index contributed by atoms with van der Waals surface area (Å²) >= 11 is 1.71. The molecule has 1 fully saturated rings. The third-order valence-electron chi connectivity index (χ3n) is 11.0. The van der Waals surface area contributed by atoms with E-state index in [9.17, 15) is 43.1 Å². The molecule has 2 amide bonds. The predicted molar refractivity (Wildman–Crippen MR) is 255 cm³/mol. The van der Waals surface area contributed by atoms with Crippen molar-refractivity contribution in [2.24, 2.45) is 0 Å². The molecule has 7 N–H and O–H groups in total. The number of ether oxygens (including phenoxy) is 1. The van der Waals surface area contributed by atoms with Crippen LogP contribution in [0.2, 0.25) is 0 Å². The summed E-state index contributed by atoms with van der Waals surface area (Å²) < 4.78 is 57.0. The molecule has 0 saturated carbocycles. The number of aliphatic hydroxyl groups is 1. The minimum atomic E-state index is -5.85. The number of hydrogen-bond acceptors (Lipinski definition) is 16. The van der Waals surface area contributed by atoms with Gasteiger partial charge in [0.25, 0.3) is 13.7 Å². The molecule has 26 heteroatoms. The number of nitrogens with two attached hydrogens (primary N) is 1. The number of hydrogen-bond donors (Lipinski definition) is 6. The summed E-state index contributed by atoms with van der Waals surface area (Å²) in [6.45, 7) is -0.634. The molecular formula is C43H49N8O14P3S. The summed E-state index contributed by atoms with van der Waals surface area (Å²) in [6, 6.07) is 20.3. The molecule has 2 aromatic heterocycles. The van der Waals surface area contributed by atoms with Gasteiger partial charge in [-0.25, -0.2) is 28.0 Å². The maximum atomic E-state index is 14.2. The van der Waals surface area contributed by atoms with Crippen LogP contribution in [0, 0.1) is 11.8 Å². The number of nitrogens with one attached hydrogen (secondary N) is 1. The molecule has 7 rings (SSSR count). The lowest BCUT2D eigenvalue weighted by Crippen LogP contribution is -2.30. The van der Waals surface area contributed by atoms with E-state index in [1.165, 1.54) is 17.1 Å². The standard InChI is InChI=1S/C43H49N8O14P3S/c1-48(2)27-14-16-31-35(20-27)69-36-21-28(49(3)4)15-17-32(36)40(31)29-11-6-7-12-30(29)43(54)50(5)19-9-13-37(53)45-18-8-10-26-23-51(42-39(26)41(44)46-25-47-42)38-22-33(52)34(63-38)24-62-67(58,59)65-68(60,61)64-66(55,56)57/h6-7,11-12,14-17,20-21,23,25,33-34,38,52H,9,13,18-19,22,24H2,1-5H3,(H6-,44,45,46,47,53,55,56,57,58,59,60,61)/t33-,34+,38+/m0/s1. The van der Waals surface area contributed by atoms with Gasteiger partial charge in [0.05, 0.1) is 30.2 Å². The van der Waals surface area contributed by atoms with Gasteiger partial charge in [-0.05, 0) is 41.8 Å². The molecule has 6 atom stereocenters. The summed E-state index contributed by atoms with van der Waals surface area (Å²) in [4.78, 5) is 78.8. The van der Waals surface area contributed by atoms with Gasteiger partial charge < -0.3 is 54.8 Å². The number of phosphoric acid groups is 3. The van der Waals surface area contributed by atoms with Crippen molar-refractivity contribution >= 4 is 79.2 Å². The molecule has 4 heterocycles. The molecule has 22 nitrogen and oxygen atoms in total. The lowest BCUT2D eigenvalue weighted by molar-refractivity contribution is -0.212. The van der Waals surface area contributed by atoms with E-state index in [0.717, 1.165) is 42.7 Å². The fourth-order valence-electron chi connectivity index (χ4n) is 7.68. The summed E-state index contributed by atoms with van der Waals surface area (Å²) in [5, 5.41) is 15.9. The van der Waals surface area contributed by atoms with E-state index in [-0.39, 0.29) is 42.7 Å². The molecule has 4 aromatic rings. The van der Waals surface area contributed by atoms with Gasteiger partial charge >= 0.3 is 15.6 Å². The zero-order valence-corrected chi connectivity index (χ0v) is 41.3. The van der Waals surface area contributed by atoms with Gasteiger partial charge in [0, 0.05) is 90.6 Å². The Hall–Kier alpha value is -5.40. The topological polar surface area (TPSA) is 304 Å². The molecule has 366 valence electrons. The second kappa shape index (κ2) is 20.9. The fraction of sp³-hybridized carbons (Fsp3) is 0.326. The number of nitrogens with zero attached hydrogens (tertiary/aromatic N) is 6. The van der Waals surface area contributed by atoms with Crippen molar-refractivity contribution in [3.05, 3.63) is 89.7 Å². The number of phosphoric ester groups is 1. The van der Waals surface area contributed by atoms with Gasteiger partial charge in [0.2, 0.25) is 11.3 Å². The van der Waals surface area contributed by atoms with Crippen molar-refractivity contribution in [1.82, 2.24) is 29.3 Å². The van der Waals surface area contributed by atoms with Crippen molar-refractivity contribution < 1.29 is 65.8 Å². The van der Waals surface area contributed by atoms with Crippen LogP contribution in [0.25, 0.3) is 42.7 Å². The number of amides is 2. The van der Waals surface area contributed by atoms with Crippen LogP contribution >= 0.6 is 34.8 Å². The number of carbonyl (C=O) groups is 2. The highest BCUT2D eigenvalue weighted by Gasteiger charge is 2.42. The van der Waals surface area contributed by atoms with Crippen molar-refractivity contribution in [3.63, 3.8) is 0 Å². The van der Waals surface area contributed by atoms with Gasteiger partial charge in [0.1, 0.15) is 44.2 Å². The van der Waals surface area contributed by atoms with E-state index < -0.39 is 48.5 Å². The third kappa shape index (κ3) is 12.3. The molecule has 1 saturated heterocycles. The second-order valence-corrected chi connectivity index (χ2v) is 21.7. The number of carbonyl (C=O) groups excluding carboxylic acids is 2. The average Bonchev–Trinajstić information content (AvgIpc) is 3.84. The number of rotatable bonds is 16. The van der Waals surface area contributed by atoms with E-state index in [1.54, 1.807) is 23.3 Å². The number of anilines is 2. The summed E-state index contributed by atoms with van der Waals surface area (Å²) in [6.07, 6.45) is -0.531. The first kappa shape index (κ1) is 51.5. The molecule has 2 aromatic carbocycles. The molecule has 3 unspecified atom stereocenters. The first-order valence-electron chi connectivity index (χ1n) is 21.0. The molecule has 1 aliphatic carbocycles. The van der Waals surface area contributed by atoms with Gasteiger partial charge in [0.15, 0.2) is 0 Å². The largest absolute Gasteiger partial charge is 0.756 e. The van der Waals surface area contributed by atoms with Gasteiger partial charge in [-0.15, -0.1) is 11.3 Å². The van der Waals surface area contributed by atoms with Crippen molar-refractivity contribution in [2.75, 3.05) is 65.6 Å². The van der Waals surface area contributed by atoms with Crippen LogP contribution in [0.4, 0.5) is 11.5 Å². The fourth-order valence-corrected chi connectivity index (χ4v) is 11.8. The van der Waals surface area contributed by atoms with Crippen LogP contribution in [0.3, 0.4) is 0 Å². The lowest BCUT2D eigenvalue weighted by Gasteiger charge is -2.22. The van der Waals surface area contributed by atoms with E-state index in [0.29, 0.717) is 29.5 Å². The number of aromatic nitrogens is 3. The normalized spacial score (nSPS) is 18.5. The van der Waals surface area contributed by atoms with Crippen LogP contribution in [-0.2, 0) is 36.4 Å². The van der Waals surface area contributed by atoms with E-state index >= 15 is 0 Å². The predicted octanol–water partition coefficient (Wildman–Crippen LogP) is 3.48. The van der Waals surface area contributed by atoms with E-state index in [1.807, 2.05) is 52.5 Å². The quantitative estimate of drug-likeness (QED) is 0.0350. The highest BCUT2D eigenvalue weighted by molar-refractivity contribution is 7.66. The number of aliphatic hydroxyl groups excluding tert-OH is 1. The summed E-state index contributed by atoms with van der Waals surface area (Å²) in [7, 11) is -7.43. The molecule has 3 aliphatic rings. The first-order valence-corrected chi connectivity index (χ1v) is 26.3. The Bertz CT molecular complexity index is 3200. The Kier molecular flexibility index (Phi) is 15.6. The van der Waals surface area contributed by atoms with Gasteiger partial charge in [-0.2, -0.15) is 4.31 Å². The molecule has 0 radical (unpaired) electrons. The third-order valence-corrected chi connectivity index (χ3v) is 15.8. The summed E-state index contributed by atoms with van der Waals surface area (Å²) in [5.41, 5.74) is 11.2. The minimum absolute atomic E-state index is 0.0506. The van der Waals surface area contributed by atoms with Crippen LogP contribution in [0.1, 0.15) is 41.4 Å². The molecule has 0 spiro atoms. The Morgan fingerprint density at radius 2 is 1.78 bits per heavy atom. The SMILES string of the molecule is CN(CCCC(=O)NCC#Cc1cn([C@H]2C[C@H](O)[C@@H](COP(=O)(O)OP(=O)(O)OP(=O)([O-])O)O2)c2ncnc(N)c12)C(=O)c1ccccc1-c1c2ccc(=[N+](C)C)cc-2sc2cc(N(C)C)ccc12. The van der Waals surface area contributed by atoms with Gasteiger partial charge in [-0.3, -0.25) is 18.7 Å². The van der Waals surface area contributed by atoms with Crippen LogP contribution < -0.4 is 30.8 Å². The van der Waals surface area contributed by atoms with Crippen molar-refractivity contribution in [2.45, 2.75) is 37.7 Å². The van der Waals surface area contributed by atoms with Crippen molar-refractivity contribution in [1.29, 1.82) is 0 Å². The monoisotopic (exact) mass is 1030 g/mol. The zero-order valence-electron chi connectivity index (χ0n) is 37.8. The van der Waals surface area contributed by atoms with Crippen LogP contribution in [0.5, 0.6) is 0 Å². The highest BCUT2D eigenvalue weighted by atomic mass is 32.1. The van der Waals surface area contributed by atoms with Crippen LogP contribution in [-0.4, -0.2) is 118 Å². The minimum Gasteiger partial charge on any atom is -0.756 e. The maximum Gasteiger partial charge on any atom is 0.487 e. The first-order chi connectivity index (χ1) is 32.5. The van der Waals surface area contributed by atoms with Crippen LogP contribution in [0.15, 0.2) is 73.2 Å². The molecule has 0 bridgehead atoms. The molecular weight excluding hydrogens is 978 g/mol. The average molecular weight is 1030 g/mol. The summed E-state index contributed by atoms with van der Waals surface area (Å²) in [5.74, 6) is 5.42. The maximum absolute atomic E-state index is 14.2.